The lowest BCUT2D eigenvalue weighted by molar-refractivity contribution is -0.115. The summed E-state index contributed by atoms with van der Waals surface area (Å²) in [5.41, 5.74) is 2.60. The Hall–Kier alpha value is -2.67. The smallest absolute Gasteiger partial charge is 0.237 e. The normalized spacial score (nSPS) is 12.0. The molecule has 1 N–H and O–H groups in total. The molecule has 146 valence electrons. The molecule has 7 heteroatoms. The Morgan fingerprint density at radius 3 is 2.71 bits per heavy atom. The highest BCUT2D eigenvalue weighted by atomic mass is 32.2. The molecule has 0 aliphatic carbocycles. The van der Waals surface area contributed by atoms with Gasteiger partial charge in [0.1, 0.15) is 5.82 Å². The molecule has 0 unspecified atom stereocenters. The van der Waals surface area contributed by atoms with E-state index in [9.17, 15) is 9.18 Å². The Morgan fingerprint density at radius 1 is 1.21 bits per heavy atom. The number of amides is 1. The Bertz CT molecular complexity index is 973. The molecule has 0 radical (unpaired) electrons. The van der Waals surface area contributed by atoms with Crippen molar-refractivity contribution in [2.45, 2.75) is 44.1 Å². The van der Waals surface area contributed by atoms with Gasteiger partial charge in [0.25, 0.3) is 0 Å². The van der Waals surface area contributed by atoms with Crippen LogP contribution in [0.5, 0.6) is 0 Å². The number of aromatic nitrogens is 3. The molecule has 1 heterocycles. The highest BCUT2D eigenvalue weighted by Crippen LogP contribution is 2.28. The molecule has 5 nitrogen and oxygen atoms in total. The number of carbonyl (C=O) groups excluding carboxylic acids is 1. The molecule has 0 saturated heterocycles. The van der Waals surface area contributed by atoms with E-state index in [0.717, 1.165) is 29.9 Å². The maximum absolute atomic E-state index is 13.3. The number of thioether (sulfide) groups is 1. The zero-order valence-corrected chi connectivity index (χ0v) is 17.0. The molecule has 2 aromatic carbocycles. The van der Waals surface area contributed by atoms with Crippen LogP contribution in [0.2, 0.25) is 0 Å². The summed E-state index contributed by atoms with van der Waals surface area (Å²) in [6, 6.07) is 14.0. The number of halogens is 1. The van der Waals surface area contributed by atoms with Gasteiger partial charge in [0.2, 0.25) is 5.91 Å². The minimum atomic E-state index is -0.409. The minimum Gasteiger partial charge on any atom is -0.325 e. The van der Waals surface area contributed by atoms with Gasteiger partial charge < -0.3 is 9.88 Å². The van der Waals surface area contributed by atoms with Crippen LogP contribution < -0.4 is 5.32 Å². The van der Waals surface area contributed by atoms with Crippen molar-refractivity contribution in [2.24, 2.45) is 0 Å². The van der Waals surface area contributed by atoms with Gasteiger partial charge in [0.15, 0.2) is 11.0 Å². The van der Waals surface area contributed by atoms with Crippen LogP contribution in [0.1, 0.15) is 25.8 Å². The number of carbonyl (C=O) groups is 1. The van der Waals surface area contributed by atoms with E-state index in [-0.39, 0.29) is 11.7 Å². The lowest BCUT2D eigenvalue weighted by Gasteiger charge is -2.13. The summed E-state index contributed by atoms with van der Waals surface area (Å²) in [7, 11) is 0. The van der Waals surface area contributed by atoms with Crippen molar-refractivity contribution in [1.29, 1.82) is 0 Å². The second kappa shape index (κ2) is 9.01. The van der Waals surface area contributed by atoms with Gasteiger partial charge in [-0.2, -0.15) is 0 Å². The van der Waals surface area contributed by atoms with E-state index in [0.29, 0.717) is 10.8 Å². The maximum Gasteiger partial charge on any atom is 0.237 e. The fraction of sp³-hybridized carbons (Fsp3) is 0.286. The summed E-state index contributed by atoms with van der Waals surface area (Å²) in [6.45, 7) is 6.69. The third kappa shape index (κ3) is 4.78. The summed E-state index contributed by atoms with van der Waals surface area (Å²) < 4.78 is 15.4. The third-order valence-electron chi connectivity index (χ3n) is 4.18. The molecular weight excluding hydrogens is 375 g/mol. The van der Waals surface area contributed by atoms with Crippen LogP contribution >= 0.6 is 11.8 Å². The molecular formula is C21H23FN4OS. The fourth-order valence-electron chi connectivity index (χ4n) is 2.82. The number of benzene rings is 2. The van der Waals surface area contributed by atoms with E-state index < -0.39 is 5.25 Å². The second-order valence-corrected chi connectivity index (χ2v) is 7.89. The average molecular weight is 399 g/mol. The second-order valence-electron chi connectivity index (χ2n) is 6.59. The largest absolute Gasteiger partial charge is 0.325 e. The topological polar surface area (TPSA) is 59.8 Å². The SMILES string of the molecule is CCCn1c(S[C@H](C)C(=O)Nc2cccc(F)c2)nnc1-c1cccc(C)c1. The van der Waals surface area contributed by atoms with Gasteiger partial charge >= 0.3 is 0 Å². The predicted octanol–water partition coefficient (Wildman–Crippen LogP) is 4.92. The number of hydrogen-bond acceptors (Lipinski definition) is 4. The summed E-state index contributed by atoms with van der Waals surface area (Å²) in [5.74, 6) is 0.202. The average Bonchev–Trinajstić information content (AvgIpc) is 3.04. The van der Waals surface area contributed by atoms with Crippen molar-refractivity contribution in [1.82, 2.24) is 14.8 Å². The van der Waals surface area contributed by atoms with Crippen molar-refractivity contribution in [3.63, 3.8) is 0 Å². The van der Waals surface area contributed by atoms with Gasteiger partial charge in [0, 0.05) is 17.8 Å². The number of hydrogen-bond donors (Lipinski definition) is 1. The quantitative estimate of drug-likeness (QED) is 0.574. The first-order valence-electron chi connectivity index (χ1n) is 9.21. The summed E-state index contributed by atoms with van der Waals surface area (Å²) in [5, 5.41) is 11.7. The number of anilines is 1. The van der Waals surface area contributed by atoms with E-state index in [1.54, 1.807) is 19.1 Å². The Balaban J connectivity index is 1.78. The molecule has 0 spiro atoms. The Kier molecular flexibility index (Phi) is 6.46. The van der Waals surface area contributed by atoms with E-state index in [2.05, 4.69) is 28.5 Å². The molecule has 1 atom stereocenters. The van der Waals surface area contributed by atoms with Crippen LogP contribution in [0.4, 0.5) is 10.1 Å². The molecule has 3 aromatic rings. The van der Waals surface area contributed by atoms with Crippen molar-refractivity contribution < 1.29 is 9.18 Å². The van der Waals surface area contributed by atoms with Crippen LogP contribution in [0.15, 0.2) is 53.7 Å². The summed E-state index contributed by atoms with van der Waals surface area (Å²) >= 11 is 1.34. The summed E-state index contributed by atoms with van der Waals surface area (Å²) in [6.07, 6.45) is 0.925. The molecule has 1 amide bonds. The molecule has 0 aliphatic heterocycles. The molecule has 3 rings (SSSR count). The van der Waals surface area contributed by atoms with Gasteiger partial charge in [-0.3, -0.25) is 4.79 Å². The van der Waals surface area contributed by atoms with E-state index in [4.69, 9.17) is 0 Å². The van der Waals surface area contributed by atoms with E-state index >= 15 is 0 Å². The lowest BCUT2D eigenvalue weighted by atomic mass is 10.1. The highest BCUT2D eigenvalue weighted by Gasteiger charge is 2.21. The maximum atomic E-state index is 13.3. The number of nitrogens with one attached hydrogen (secondary N) is 1. The zero-order chi connectivity index (χ0) is 20.1. The van der Waals surface area contributed by atoms with Crippen molar-refractivity contribution >= 4 is 23.4 Å². The third-order valence-corrected chi connectivity index (χ3v) is 5.26. The number of rotatable bonds is 7. The van der Waals surface area contributed by atoms with Crippen LogP contribution in [0, 0.1) is 12.7 Å². The van der Waals surface area contributed by atoms with E-state index in [1.807, 2.05) is 29.7 Å². The van der Waals surface area contributed by atoms with Crippen LogP contribution in [-0.2, 0) is 11.3 Å². The number of aryl methyl sites for hydroxylation is 1. The van der Waals surface area contributed by atoms with Crippen molar-refractivity contribution in [2.75, 3.05) is 5.32 Å². The van der Waals surface area contributed by atoms with Gasteiger partial charge in [-0.15, -0.1) is 10.2 Å². The lowest BCUT2D eigenvalue weighted by Crippen LogP contribution is -2.23. The molecule has 28 heavy (non-hydrogen) atoms. The molecule has 0 aliphatic rings. The van der Waals surface area contributed by atoms with Crippen LogP contribution in [0.3, 0.4) is 0 Å². The first-order chi connectivity index (χ1) is 13.5. The fourth-order valence-corrected chi connectivity index (χ4v) is 3.70. The molecule has 0 fully saturated rings. The monoisotopic (exact) mass is 398 g/mol. The van der Waals surface area contributed by atoms with Crippen LogP contribution in [0.25, 0.3) is 11.4 Å². The zero-order valence-electron chi connectivity index (χ0n) is 16.1. The molecule has 0 saturated carbocycles. The van der Waals surface area contributed by atoms with Gasteiger partial charge in [0.05, 0.1) is 5.25 Å². The molecule has 1 aromatic heterocycles. The Labute approximate surface area is 168 Å². The van der Waals surface area contributed by atoms with Gasteiger partial charge in [-0.05, 0) is 44.5 Å². The predicted molar refractivity (Wildman–Crippen MR) is 111 cm³/mol. The standard InChI is InChI=1S/C21H23FN4OS/c1-4-11-26-19(16-8-5-7-14(2)12-16)24-25-21(26)28-15(3)20(27)23-18-10-6-9-17(22)13-18/h5-10,12-13,15H,4,11H2,1-3H3,(H,23,27)/t15-/m1/s1. The van der Waals surface area contributed by atoms with Crippen molar-refractivity contribution in [3.05, 3.63) is 59.9 Å². The first-order valence-corrected chi connectivity index (χ1v) is 10.1. The molecule has 0 bridgehead atoms. The first kappa shape index (κ1) is 20.1. The van der Waals surface area contributed by atoms with Crippen LogP contribution in [-0.4, -0.2) is 25.9 Å². The Morgan fingerprint density at radius 2 is 2.00 bits per heavy atom. The van der Waals surface area contributed by atoms with E-state index in [1.165, 1.54) is 23.9 Å². The minimum absolute atomic E-state index is 0.209. The van der Waals surface area contributed by atoms with Gasteiger partial charge in [-0.1, -0.05) is 48.5 Å². The van der Waals surface area contributed by atoms with Gasteiger partial charge in [-0.25, -0.2) is 4.39 Å². The summed E-state index contributed by atoms with van der Waals surface area (Å²) in [4.78, 5) is 12.5. The number of nitrogens with zero attached hydrogens (tertiary/aromatic N) is 3. The van der Waals surface area contributed by atoms with Crippen molar-refractivity contribution in [3.8, 4) is 11.4 Å². The highest BCUT2D eigenvalue weighted by molar-refractivity contribution is 8.00.